The number of hydrogen-bond donors (Lipinski definition) is 2. The average molecular weight is 214 g/mol. The Labute approximate surface area is 84.1 Å². The van der Waals surface area contributed by atoms with Crippen LogP contribution in [0.1, 0.15) is 5.56 Å². The fourth-order valence-corrected chi connectivity index (χ4v) is 1.47. The second-order valence-electron chi connectivity index (χ2n) is 3.33. The summed E-state index contributed by atoms with van der Waals surface area (Å²) in [6, 6.07) is 0. The highest BCUT2D eigenvalue weighted by Gasteiger charge is 2.18. The molecule has 0 fully saturated rings. The van der Waals surface area contributed by atoms with Gasteiger partial charge in [0.15, 0.2) is 0 Å². The fourth-order valence-electron chi connectivity index (χ4n) is 1.47. The third kappa shape index (κ3) is 1.23. The van der Waals surface area contributed by atoms with Gasteiger partial charge in [0.05, 0.1) is 17.9 Å². The molecule has 0 atom stereocenters. The quantitative estimate of drug-likeness (QED) is 0.706. The highest BCUT2D eigenvalue weighted by atomic mass is 19.1. The lowest BCUT2D eigenvalue weighted by atomic mass is 10.3. The Bertz CT molecular complexity index is 545. The van der Waals surface area contributed by atoms with E-state index in [1.54, 1.807) is 7.05 Å². The third-order valence-electron chi connectivity index (χ3n) is 2.31. The lowest BCUT2D eigenvalue weighted by molar-refractivity contribution is 0.272. The van der Waals surface area contributed by atoms with Crippen LogP contribution in [0.4, 0.5) is 4.39 Å². The molecule has 0 spiro atoms. The molecule has 15 heavy (non-hydrogen) atoms. The van der Waals surface area contributed by atoms with Crippen molar-refractivity contribution in [2.24, 2.45) is 14.1 Å². The Balaban J connectivity index is 2.60. The molecule has 2 N–H and O–H groups in total. The molecule has 0 unspecified atom stereocenters. The molecule has 0 saturated carbocycles. The van der Waals surface area contributed by atoms with E-state index in [1.807, 2.05) is 0 Å². The first-order valence-electron chi connectivity index (χ1n) is 4.35. The summed E-state index contributed by atoms with van der Waals surface area (Å²) in [6.07, 6.45) is 1.44. The Morgan fingerprint density at radius 3 is 2.67 bits per heavy atom. The summed E-state index contributed by atoms with van der Waals surface area (Å²) in [6.45, 7) is -0.447. The summed E-state index contributed by atoms with van der Waals surface area (Å²) >= 11 is 0. The SMILES string of the molecule is Cn1cc(-n2[nH]n(C)c2=O)c(CO)c1F. The normalized spacial score (nSPS) is 11.2. The van der Waals surface area contributed by atoms with Gasteiger partial charge in [0.25, 0.3) is 0 Å². The van der Waals surface area contributed by atoms with Gasteiger partial charge in [0.1, 0.15) is 0 Å². The van der Waals surface area contributed by atoms with Crippen molar-refractivity contribution in [2.75, 3.05) is 0 Å². The molecule has 0 aliphatic heterocycles. The summed E-state index contributed by atoms with van der Waals surface area (Å²) in [5.41, 5.74) is 0.141. The second-order valence-corrected chi connectivity index (χ2v) is 3.33. The number of nitrogens with one attached hydrogen (secondary N) is 1. The predicted molar refractivity (Wildman–Crippen MR) is 50.2 cm³/mol. The molecular weight excluding hydrogens is 203 g/mol. The van der Waals surface area contributed by atoms with Gasteiger partial charge >= 0.3 is 5.69 Å². The lowest BCUT2D eigenvalue weighted by Crippen LogP contribution is -2.40. The Kier molecular flexibility index (Phi) is 2.04. The first-order valence-corrected chi connectivity index (χ1v) is 4.35. The number of rotatable bonds is 2. The summed E-state index contributed by atoms with van der Waals surface area (Å²) in [5.74, 6) is -0.545. The number of hydrogen-bond acceptors (Lipinski definition) is 2. The van der Waals surface area contributed by atoms with Crippen LogP contribution in [0, 0.1) is 5.95 Å². The zero-order valence-corrected chi connectivity index (χ0v) is 8.36. The zero-order valence-electron chi connectivity index (χ0n) is 8.36. The van der Waals surface area contributed by atoms with Crippen molar-refractivity contribution in [2.45, 2.75) is 6.61 Å². The van der Waals surface area contributed by atoms with Crippen LogP contribution in [-0.4, -0.2) is 24.3 Å². The molecule has 2 rings (SSSR count). The maximum absolute atomic E-state index is 13.4. The molecule has 0 amide bonds. The third-order valence-corrected chi connectivity index (χ3v) is 2.31. The van der Waals surface area contributed by atoms with Crippen LogP contribution >= 0.6 is 0 Å². The van der Waals surface area contributed by atoms with E-state index < -0.39 is 12.6 Å². The predicted octanol–water partition coefficient (Wildman–Crippen LogP) is -0.526. The fraction of sp³-hybridized carbons (Fsp3) is 0.375. The van der Waals surface area contributed by atoms with Crippen molar-refractivity contribution >= 4 is 0 Å². The molecule has 2 heterocycles. The van der Waals surface area contributed by atoms with Gasteiger partial charge in [-0.15, -0.1) is 0 Å². The van der Waals surface area contributed by atoms with Gasteiger partial charge in [-0.2, -0.15) is 9.07 Å². The molecule has 0 bridgehead atoms. The van der Waals surface area contributed by atoms with Crippen LogP contribution in [-0.2, 0) is 20.7 Å². The van der Waals surface area contributed by atoms with Crippen LogP contribution in [0.25, 0.3) is 5.69 Å². The molecular formula is C8H11FN4O2. The molecule has 0 aliphatic rings. The number of halogens is 1. The number of nitrogens with zero attached hydrogens (tertiary/aromatic N) is 3. The highest BCUT2D eigenvalue weighted by Crippen LogP contribution is 2.17. The van der Waals surface area contributed by atoms with E-state index >= 15 is 0 Å². The first-order chi connectivity index (χ1) is 7.06. The topological polar surface area (TPSA) is 67.9 Å². The van der Waals surface area contributed by atoms with E-state index in [-0.39, 0.29) is 11.3 Å². The largest absolute Gasteiger partial charge is 0.391 e. The van der Waals surface area contributed by atoms with Crippen molar-refractivity contribution in [1.82, 2.24) is 19.1 Å². The van der Waals surface area contributed by atoms with Crippen molar-refractivity contribution < 1.29 is 9.50 Å². The highest BCUT2D eigenvalue weighted by molar-refractivity contribution is 5.38. The Morgan fingerprint density at radius 2 is 2.20 bits per heavy atom. The second kappa shape index (κ2) is 3.13. The van der Waals surface area contributed by atoms with Crippen molar-refractivity contribution in [3.63, 3.8) is 0 Å². The van der Waals surface area contributed by atoms with Gasteiger partial charge in [-0.3, -0.25) is 0 Å². The van der Waals surface area contributed by atoms with Crippen LogP contribution < -0.4 is 5.69 Å². The zero-order chi connectivity index (χ0) is 11.2. The van der Waals surface area contributed by atoms with Crippen molar-refractivity contribution in [3.05, 3.63) is 28.2 Å². The Morgan fingerprint density at radius 1 is 1.53 bits per heavy atom. The van der Waals surface area contributed by atoms with Crippen LogP contribution in [0.2, 0.25) is 0 Å². The molecule has 0 aromatic carbocycles. The van der Waals surface area contributed by atoms with E-state index in [2.05, 4.69) is 5.21 Å². The molecule has 2 aromatic rings. The maximum Gasteiger partial charge on any atom is 0.364 e. The summed E-state index contributed by atoms with van der Waals surface area (Å²) in [4.78, 5) is 11.3. The number of H-pyrrole nitrogens is 1. The standard InChI is InChI=1S/C8H11FN4O2/c1-11-3-6(5(4-14)7(11)9)13-8(15)12(2)10-13/h3,10,14H,4H2,1-2H3. The molecule has 82 valence electrons. The van der Waals surface area contributed by atoms with Gasteiger partial charge in [-0.1, -0.05) is 0 Å². The minimum atomic E-state index is -0.545. The van der Waals surface area contributed by atoms with E-state index in [1.165, 1.54) is 27.2 Å². The monoisotopic (exact) mass is 214 g/mol. The van der Waals surface area contributed by atoms with Crippen molar-refractivity contribution in [1.29, 1.82) is 0 Å². The molecule has 7 heteroatoms. The number of aliphatic hydroxyl groups excluding tert-OH is 1. The van der Waals surface area contributed by atoms with E-state index in [0.29, 0.717) is 5.69 Å². The molecule has 0 saturated heterocycles. The number of aromatic nitrogens is 4. The minimum absolute atomic E-state index is 0.103. The van der Waals surface area contributed by atoms with Gasteiger partial charge in [0.2, 0.25) is 5.95 Å². The molecule has 6 nitrogen and oxygen atoms in total. The van der Waals surface area contributed by atoms with Crippen molar-refractivity contribution in [3.8, 4) is 5.69 Å². The summed E-state index contributed by atoms with van der Waals surface area (Å²) in [5, 5.41) is 11.7. The molecule has 2 aromatic heterocycles. The van der Waals surface area contributed by atoms with Crippen LogP contribution in [0.3, 0.4) is 0 Å². The van der Waals surface area contributed by atoms with Gasteiger partial charge in [-0.25, -0.2) is 14.7 Å². The minimum Gasteiger partial charge on any atom is -0.391 e. The van der Waals surface area contributed by atoms with Crippen LogP contribution in [0.15, 0.2) is 11.0 Å². The molecule has 0 aliphatic carbocycles. The maximum atomic E-state index is 13.4. The van der Waals surface area contributed by atoms with E-state index in [9.17, 15) is 9.18 Å². The van der Waals surface area contributed by atoms with Gasteiger partial charge in [-0.05, 0) is 0 Å². The number of aryl methyl sites for hydroxylation is 2. The van der Waals surface area contributed by atoms with Gasteiger partial charge in [0, 0.05) is 20.3 Å². The summed E-state index contributed by atoms with van der Waals surface area (Å²) < 4.78 is 17.0. The number of aromatic amines is 1. The first kappa shape index (κ1) is 9.78. The Hall–Kier alpha value is -1.76. The average Bonchev–Trinajstić information content (AvgIpc) is 2.50. The van der Waals surface area contributed by atoms with E-state index in [4.69, 9.17) is 5.11 Å². The smallest absolute Gasteiger partial charge is 0.364 e. The lowest BCUT2D eigenvalue weighted by Gasteiger charge is -2.12. The van der Waals surface area contributed by atoms with E-state index in [0.717, 1.165) is 0 Å². The molecule has 0 radical (unpaired) electrons. The van der Waals surface area contributed by atoms with Gasteiger partial charge < -0.3 is 9.67 Å². The van der Waals surface area contributed by atoms with Crippen LogP contribution in [0.5, 0.6) is 0 Å². The summed E-state index contributed by atoms with van der Waals surface area (Å²) in [7, 11) is 3.06. The number of aliphatic hydroxyl groups is 1.